The fraction of sp³-hybridized carbons (Fsp3) is 0.385. The summed E-state index contributed by atoms with van der Waals surface area (Å²) in [5, 5.41) is 0. The maximum atomic E-state index is 11.9. The molecule has 0 radical (unpaired) electrons. The standard InChI is InChI=1S/C13H16N4O3S/c1-8-11-13(18)16-10-6-5-9(12(15-8)17(10)11)4-3-7-14-21(2,19)20/h5-6,14H,3-4,7H2,1-2H3,(H,16,18). The van der Waals surface area contributed by atoms with Crippen molar-refractivity contribution in [1.82, 2.24) is 19.1 Å². The molecule has 7 nitrogen and oxygen atoms in total. The van der Waals surface area contributed by atoms with Gasteiger partial charge in [-0.25, -0.2) is 18.1 Å². The van der Waals surface area contributed by atoms with E-state index in [4.69, 9.17) is 0 Å². The van der Waals surface area contributed by atoms with Gasteiger partial charge in [-0.1, -0.05) is 6.07 Å². The Kier molecular flexibility index (Phi) is 3.22. The molecule has 2 N–H and O–H groups in total. The van der Waals surface area contributed by atoms with Gasteiger partial charge in [0.15, 0.2) is 0 Å². The van der Waals surface area contributed by atoms with Crippen molar-refractivity contribution >= 4 is 26.8 Å². The fourth-order valence-corrected chi connectivity index (χ4v) is 3.09. The van der Waals surface area contributed by atoms with Crippen LogP contribution in [-0.4, -0.2) is 35.6 Å². The number of pyridine rings is 1. The van der Waals surface area contributed by atoms with Gasteiger partial charge in [-0.15, -0.1) is 0 Å². The minimum atomic E-state index is -3.15. The van der Waals surface area contributed by atoms with Crippen molar-refractivity contribution in [2.45, 2.75) is 19.8 Å². The third kappa shape index (κ3) is 2.52. The van der Waals surface area contributed by atoms with Gasteiger partial charge in [-0.05, 0) is 31.4 Å². The second-order valence-corrected chi connectivity index (χ2v) is 7.01. The molecule has 0 aromatic carbocycles. The number of aromatic nitrogens is 3. The molecule has 0 aliphatic carbocycles. The van der Waals surface area contributed by atoms with Crippen LogP contribution in [0.25, 0.3) is 16.8 Å². The largest absolute Gasteiger partial charge is 0.306 e. The lowest BCUT2D eigenvalue weighted by molar-refractivity contribution is 0.585. The molecule has 0 saturated carbocycles. The molecule has 0 amide bonds. The summed E-state index contributed by atoms with van der Waals surface area (Å²) in [5.41, 5.74) is 3.64. The first-order chi connectivity index (χ1) is 9.87. The van der Waals surface area contributed by atoms with Crippen molar-refractivity contribution in [3.63, 3.8) is 0 Å². The molecule has 0 saturated heterocycles. The Balaban J connectivity index is 1.90. The maximum absolute atomic E-state index is 11.9. The molecule has 3 aromatic heterocycles. The zero-order chi connectivity index (χ0) is 15.2. The topological polar surface area (TPSA) is 96.3 Å². The molecule has 3 aromatic rings. The molecular weight excluding hydrogens is 292 g/mol. The molecule has 3 heterocycles. The number of hydrogen-bond acceptors (Lipinski definition) is 4. The van der Waals surface area contributed by atoms with Crippen LogP contribution in [0.3, 0.4) is 0 Å². The number of hydrogen-bond donors (Lipinski definition) is 2. The molecule has 0 aliphatic rings. The predicted molar refractivity (Wildman–Crippen MR) is 80.4 cm³/mol. The first-order valence-corrected chi connectivity index (χ1v) is 8.53. The van der Waals surface area contributed by atoms with Crippen molar-refractivity contribution in [1.29, 1.82) is 0 Å². The van der Waals surface area contributed by atoms with Gasteiger partial charge in [0.25, 0.3) is 5.56 Å². The average Bonchev–Trinajstić information content (AvgIpc) is 2.89. The molecule has 0 bridgehead atoms. The van der Waals surface area contributed by atoms with Gasteiger partial charge in [-0.3, -0.25) is 9.20 Å². The third-order valence-electron chi connectivity index (χ3n) is 3.47. The summed E-state index contributed by atoms with van der Waals surface area (Å²) in [7, 11) is -3.15. The molecule has 8 heteroatoms. The SMILES string of the molecule is Cc1nc2c(CCCNS(C)(=O)=O)ccc3[nH]c(=O)c1n32. The van der Waals surface area contributed by atoms with E-state index in [1.54, 1.807) is 0 Å². The summed E-state index contributed by atoms with van der Waals surface area (Å²) in [6.07, 6.45) is 2.51. The lowest BCUT2D eigenvalue weighted by atomic mass is 10.1. The minimum absolute atomic E-state index is 0.133. The van der Waals surface area contributed by atoms with Crippen LogP contribution in [0.4, 0.5) is 0 Å². The highest BCUT2D eigenvalue weighted by atomic mass is 32.2. The highest BCUT2D eigenvalue weighted by molar-refractivity contribution is 7.88. The van der Waals surface area contributed by atoms with Gasteiger partial charge in [0, 0.05) is 6.54 Å². The summed E-state index contributed by atoms with van der Waals surface area (Å²) < 4.78 is 26.3. The predicted octanol–water partition coefficient (Wildman–Crippen LogP) is 0.404. The summed E-state index contributed by atoms with van der Waals surface area (Å²) in [6, 6.07) is 3.77. The monoisotopic (exact) mass is 308 g/mol. The van der Waals surface area contributed by atoms with Gasteiger partial charge in [0.2, 0.25) is 10.0 Å². The van der Waals surface area contributed by atoms with Gasteiger partial charge in [-0.2, -0.15) is 0 Å². The number of H-pyrrole nitrogens is 1. The Morgan fingerprint density at radius 3 is 2.86 bits per heavy atom. The summed E-state index contributed by atoms with van der Waals surface area (Å²) in [5.74, 6) is 0. The Morgan fingerprint density at radius 1 is 1.38 bits per heavy atom. The van der Waals surface area contributed by atoms with E-state index < -0.39 is 10.0 Å². The summed E-state index contributed by atoms with van der Waals surface area (Å²) in [4.78, 5) is 19.1. The number of imidazole rings is 2. The molecule has 3 rings (SSSR count). The molecule has 0 spiro atoms. The Bertz CT molecular complexity index is 955. The Labute approximate surface area is 121 Å². The molecule has 21 heavy (non-hydrogen) atoms. The van der Waals surface area contributed by atoms with E-state index in [1.165, 1.54) is 0 Å². The van der Waals surface area contributed by atoms with Crippen LogP contribution in [0.15, 0.2) is 16.9 Å². The van der Waals surface area contributed by atoms with Crippen molar-refractivity contribution in [2.75, 3.05) is 12.8 Å². The quantitative estimate of drug-likeness (QED) is 0.667. The Morgan fingerprint density at radius 2 is 2.14 bits per heavy atom. The molecule has 0 atom stereocenters. The van der Waals surface area contributed by atoms with Crippen LogP contribution in [0.2, 0.25) is 0 Å². The second-order valence-electron chi connectivity index (χ2n) is 5.17. The first kappa shape index (κ1) is 14.0. The van der Waals surface area contributed by atoms with E-state index in [-0.39, 0.29) is 5.56 Å². The van der Waals surface area contributed by atoms with Crippen LogP contribution in [-0.2, 0) is 16.4 Å². The number of aromatic amines is 1. The lowest BCUT2D eigenvalue weighted by Crippen LogP contribution is -2.23. The molecular formula is C13H16N4O3S. The second kappa shape index (κ2) is 4.81. The number of aryl methyl sites for hydroxylation is 2. The Hall–Kier alpha value is -1.93. The highest BCUT2D eigenvalue weighted by Gasteiger charge is 2.15. The smallest absolute Gasteiger partial charge is 0.275 e. The van der Waals surface area contributed by atoms with Gasteiger partial charge >= 0.3 is 0 Å². The molecule has 0 unspecified atom stereocenters. The zero-order valence-electron chi connectivity index (χ0n) is 11.8. The zero-order valence-corrected chi connectivity index (χ0v) is 12.6. The average molecular weight is 308 g/mol. The number of rotatable bonds is 5. The van der Waals surface area contributed by atoms with Crippen LogP contribution in [0.1, 0.15) is 17.7 Å². The first-order valence-electron chi connectivity index (χ1n) is 6.64. The third-order valence-corrected chi connectivity index (χ3v) is 4.19. The molecule has 0 fully saturated rings. The fourth-order valence-electron chi connectivity index (χ4n) is 2.58. The van der Waals surface area contributed by atoms with E-state index in [1.807, 2.05) is 23.5 Å². The number of nitrogens with zero attached hydrogens (tertiary/aromatic N) is 2. The van der Waals surface area contributed by atoms with E-state index in [0.29, 0.717) is 30.6 Å². The van der Waals surface area contributed by atoms with Crippen LogP contribution < -0.4 is 10.3 Å². The van der Waals surface area contributed by atoms with Crippen LogP contribution in [0.5, 0.6) is 0 Å². The number of sulfonamides is 1. The van der Waals surface area contributed by atoms with E-state index in [2.05, 4.69) is 14.7 Å². The summed E-state index contributed by atoms with van der Waals surface area (Å²) in [6.45, 7) is 2.20. The molecule has 112 valence electrons. The minimum Gasteiger partial charge on any atom is -0.306 e. The highest BCUT2D eigenvalue weighted by Crippen LogP contribution is 2.19. The number of nitrogens with one attached hydrogen (secondary N) is 2. The van der Waals surface area contributed by atoms with Crippen molar-refractivity contribution < 1.29 is 8.42 Å². The van der Waals surface area contributed by atoms with Crippen molar-refractivity contribution in [2.24, 2.45) is 0 Å². The van der Waals surface area contributed by atoms with Gasteiger partial charge in [0.05, 0.1) is 11.9 Å². The van der Waals surface area contributed by atoms with Crippen LogP contribution in [0, 0.1) is 6.92 Å². The van der Waals surface area contributed by atoms with Crippen molar-refractivity contribution in [3.8, 4) is 0 Å². The van der Waals surface area contributed by atoms with E-state index in [9.17, 15) is 13.2 Å². The van der Waals surface area contributed by atoms with Crippen molar-refractivity contribution in [3.05, 3.63) is 33.7 Å². The maximum Gasteiger partial charge on any atom is 0.275 e. The van der Waals surface area contributed by atoms with Gasteiger partial charge in [0.1, 0.15) is 16.8 Å². The molecule has 0 aliphatic heterocycles. The summed E-state index contributed by atoms with van der Waals surface area (Å²) >= 11 is 0. The van der Waals surface area contributed by atoms with E-state index >= 15 is 0 Å². The van der Waals surface area contributed by atoms with Crippen LogP contribution >= 0.6 is 0 Å². The normalized spacial score (nSPS) is 12.7. The van der Waals surface area contributed by atoms with Gasteiger partial charge < -0.3 is 4.98 Å². The van der Waals surface area contributed by atoms with E-state index in [0.717, 1.165) is 23.1 Å². The lowest BCUT2D eigenvalue weighted by Gasteiger charge is -2.04.